The number of imidazole rings is 1. The molecular formula is C11H11N5. The molecule has 0 radical (unpaired) electrons. The van der Waals surface area contributed by atoms with E-state index in [1.54, 1.807) is 6.20 Å². The van der Waals surface area contributed by atoms with E-state index in [4.69, 9.17) is 5.73 Å². The number of nitrogens with one attached hydrogen (secondary N) is 1. The molecule has 0 saturated heterocycles. The molecule has 1 aromatic carbocycles. The van der Waals surface area contributed by atoms with Gasteiger partial charge in [0.1, 0.15) is 5.82 Å². The van der Waals surface area contributed by atoms with E-state index in [-0.39, 0.29) is 0 Å². The molecule has 0 aliphatic heterocycles. The molecule has 5 heteroatoms. The van der Waals surface area contributed by atoms with Gasteiger partial charge in [0.25, 0.3) is 0 Å². The summed E-state index contributed by atoms with van der Waals surface area (Å²) in [6, 6.07) is 5.96. The van der Waals surface area contributed by atoms with E-state index >= 15 is 0 Å². The minimum Gasteiger partial charge on any atom is -0.382 e. The lowest BCUT2D eigenvalue weighted by Gasteiger charge is -2.01. The van der Waals surface area contributed by atoms with E-state index in [9.17, 15) is 0 Å². The van der Waals surface area contributed by atoms with Crippen LogP contribution in [0.25, 0.3) is 22.3 Å². The second-order valence-electron chi connectivity index (χ2n) is 3.73. The third-order valence-electron chi connectivity index (χ3n) is 2.67. The van der Waals surface area contributed by atoms with E-state index in [2.05, 4.69) is 15.2 Å². The van der Waals surface area contributed by atoms with Gasteiger partial charge in [-0.15, -0.1) is 0 Å². The Balaban J connectivity index is 2.25. The second-order valence-corrected chi connectivity index (χ2v) is 3.73. The Kier molecular flexibility index (Phi) is 1.73. The second kappa shape index (κ2) is 3.10. The maximum Gasteiger partial charge on any atom is 0.153 e. The van der Waals surface area contributed by atoms with Crippen molar-refractivity contribution in [3.05, 3.63) is 30.6 Å². The Labute approximate surface area is 91.9 Å². The molecule has 3 rings (SSSR count). The highest BCUT2D eigenvalue weighted by Gasteiger charge is 2.07. The highest BCUT2D eigenvalue weighted by Crippen LogP contribution is 2.24. The van der Waals surface area contributed by atoms with E-state index in [0.717, 1.165) is 22.3 Å². The summed E-state index contributed by atoms with van der Waals surface area (Å²) in [6.07, 6.45) is 3.69. The van der Waals surface area contributed by atoms with Crippen LogP contribution in [0.3, 0.4) is 0 Å². The van der Waals surface area contributed by atoms with Gasteiger partial charge in [-0.05, 0) is 18.2 Å². The number of hydrogen-bond donors (Lipinski definition) is 2. The van der Waals surface area contributed by atoms with E-state index in [0.29, 0.717) is 5.82 Å². The van der Waals surface area contributed by atoms with Crippen molar-refractivity contribution in [2.75, 3.05) is 5.73 Å². The molecule has 0 atom stereocenters. The zero-order valence-electron chi connectivity index (χ0n) is 8.81. The third-order valence-corrected chi connectivity index (χ3v) is 2.67. The van der Waals surface area contributed by atoms with Gasteiger partial charge in [0, 0.05) is 30.4 Å². The Morgan fingerprint density at radius 2 is 2.25 bits per heavy atom. The zero-order valence-corrected chi connectivity index (χ0v) is 8.81. The van der Waals surface area contributed by atoms with Crippen molar-refractivity contribution < 1.29 is 0 Å². The lowest BCUT2D eigenvalue weighted by atomic mass is 10.1. The first-order chi connectivity index (χ1) is 7.75. The molecule has 0 bridgehead atoms. The summed E-state index contributed by atoms with van der Waals surface area (Å²) in [6.45, 7) is 0. The molecule has 0 fully saturated rings. The molecule has 3 aromatic rings. The van der Waals surface area contributed by atoms with Gasteiger partial charge in [-0.25, -0.2) is 4.98 Å². The molecule has 5 nitrogen and oxygen atoms in total. The van der Waals surface area contributed by atoms with Gasteiger partial charge < -0.3 is 10.3 Å². The molecule has 0 aliphatic carbocycles. The van der Waals surface area contributed by atoms with Crippen molar-refractivity contribution in [3.8, 4) is 11.4 Å². The van der Waals surface area contributed by atoms with Crippen LogP contribution >= 0.6 is 0 Å². The fraction of sp³-hybridized carbons (Fsp3) is 0.0909. The van der Waals surface area contributed by atoms with E-state index in [1.165, 1.54) is 0 Å². The molecule has 2 aromatic heterocycles. The molecule has 0 amide bonds. The van der Waals surface area contributed by atoms with E-state index in [1.807, 2.05) is 36.0 Å². The molecule has 80 valence electrons. The monoisotopic (exact) mass is 213 g/mol. The minimum atomic E-state index is 0.519. The first-order valence-electron chi connectivity index (χ1n) is 4.97. The topological polar surface area (TPSA) is 72.5 Å². The number of benzene rings is 1. The summed E-state index contributed by atoms with van der Waals surface area (Å²) in [7, 11) is 1.96. The average molecular weight is 213 g/mol. The van der Waals surface area contributed by atoms with Crippen LogP contribution in [-0.2, 0) is 7.05 Å². The number of H-pyrrole nitrogens is 1. The van der Waals surface area contributed by atoms with Gasteiger partial charge in [0.15, 0.2) is 5.82 Å². The number of aromatic nitrogens is 4. The molecule has 0 aliphatic rings. The van der Waals surface area contributed by atoms with Crippen LogP contribution < -0.4 is 5.73 Å². The van der Waals surface area contributed by atoms with Gasteiger partial charge in [-0.1, -0.05) is 0 Å². The van der Waals surface area contributed by atoms with Crippen LogP contribution in [0.4, 0.5) is 5.82 Å². The number of aromatic amines is 1. The number of nitrogens with zero attached hydrogens (tertiary/aromatic N) is 3. The van der Waals surface area contributed by atoms with Crippen molar-refractivity contribution in [2.24, 2.45) is 7.05 Å². The van der Waals surface area contributed by atoms with Crippen molar-refractivity contribution in [3.63, 3.8) is 0 Å². The molecule has 16 heavy (non-hydrogen) atoms. The molecular weight excluding hydrogens is 202 g/mol. The quantitative estimate of drug-likeness (QED) is 0.644. The van der Waals surface area contributed by atoms with Crippen LogP contribution in [0, 0.1) is 0 Å². The van der Waals surface area contributed by atoms with E-state index < -0.39 is 0 Å². The molecule has 0 unspecified atom stereocenters. The average Bonchev–Trinajstić information content (AvgIpc) is 2.86. The Bertz CT molecular complexity index is 649. The van der Waals surface area contributed by atoms with Crippen molar-refractivity contribution >= 4 is 16.7 Å². The van der Waals surface area contributed by atoms with Gasteiger partial charge in [-0.3, -0.25) is 5.10 Å². The SMILES string of the molecule is Cn1ccnc1-c1ccc2[nH]nc(N)c2c1. The first-order valence-corrected chi connectivity index (χ1v) is 4.97. The normalized spacial score (nSPS) is 11.1. The summed E-state index contributed by atoms with van der Waals surface area (Å²) in [4.78, 5) is 4.30. The molecule has 3 N–H and O–H groups in total. The summed E-state index contributed by atoms with van der Waals surface area (Å²) in [5.74, 6) is 1.44. The van der Waals surface area contributed by atoms with Crippen LogP contribution in [0.5, 0.6) is 0 Å². The maximum atomic E-state index is 5.77. The van der Waals surface area contributed by atoms with Crippen molar-refractivity contribution in [1.82, 2.24) is 19.7 Å². The number of fused-ring (bicyclic) bond motifs is 1. The predicted octanol–water partition coefficient (Wildman–Crippen LogP) is 1.55. The number of nitrogens with two attached hydrogens (primary N) is 1. The summed E-state index contributed by atoms with van der Waals surface area (Å²) < 4.78 is 1.97. The molecule has 0 spiro atoms. The van der Waals surface area contributed by atoms with Crippen LogP contribution in [0.1, 0.15) is 0 Å². The number of hydrogen-bond acceptors (Lipinski definition) is 3. The molecule has 2 heterocycles. The van der Waals surface area contributed by atoms with Gasteiger partial charge >= 0.3 is 0 Å². The number of nitrogen functional groups attached to an aromatic ring is 1. The summed E-state index contributed by atoms with van der Waals surface area (Å²) in [5, 5.41) is 7.77. The van der Waals surface area contributed by atoms with Crippen LogP contribution in [0.2, 0.25) is 0 Å². The third kappa shape index (κ3) is 1.18. The summed E-state index contributed by atoms with van der Waals surface area (Å²) in [5.41, 5.74) is 7.74. The van der Waals surface area contributed by atoms with Gasteiger partial charge in [0.2, 0.25) is 0 Å². The van der Waals surface area contributed by atoms with Crippen molar-refractivity contribution in [1.29, 1.82) is 0 Å². The summed E-state index contributed by atoms with van der Waals surface area (Å²) >= 11 is 0. The fourth-order valence-corrected chi connectivity index (χ4v) is 1.82. The highest BCUT2D eigenvalue weighted by molar-refractivity contribution is 5.91. The number of rotatable bonds is 1. The number of aryl methyl sites for hydroxylation is 1. The predicted molar refractivity (Wildman–Crippen MR) is 62.7 cm³/mol. The standard InChI is InChI=1S/C11H11N5/c1-16-5-4-13-11(16)7-2-3-9-8(6-7)10(12)15-14-9/h2-6H,1H3,(H3,12,14,15). The van der Waals surface area contributed by atoms with Crippen LogP contribution in [-0.4, -0.2) is 19.7 Å². The van der Waals surface area contributed by atoms with Crippen molar-refractivity contribution in [2.45, 2.75) is 0 Å². The first kappa shape index (κ1) is 8.96. The minimum absolute atomic E-state index is 0.519. The number of anilines is 1. The zero-order chi connectivity index (χ0) is 11.1. The largest absolute Gasteiger partial charge is 0.382 e. The highest BCUT2D eigenvalue weighted by atomic mass is 15.1. The fourth-order valence-electron chi connectivity index (χ4n) is 1.82. The maximum absolute atomic E-state index is 5.77. The lowest BCUT2D eigenvalue weighted by Crippen LogP contribution is -1.91. The smallest absolute Gasteiger partial charge is 0.153 e. The molecule has 0 saturated carbocycles. The van der Waals surface area contributed by atoms with Gasteiger partial charge in [-0.2, -0.15) is 5.10 Å². The Morgan fingerprint density at radius 3 is 3.00 bits per heavy atom. The Morgan fingerprint density at radius 1 is 1.38 bits per heavy atom. The lowest BCUT2D eigenvalue weighted by molar-refractivity contribution is 0.925. The Hall–Kier alpha value is -2.30. The van der Waals surface area contributed by atoms with Gasteiger partial charge in [0.05, 0.1) is 5.52 Å². The van der Waals surface area contributed by atoms with Crippen LogP contribution in [0.15, 0.2) is 30.6 Å².